The summed E-state index contributed by atoms with van der Waals surface area (Å²) in [7, 11) is 0. The number of aliphatic carboxylic acids is 1. The average molecular weight is 216 g/mol. The van der Waals surface area contributed by atoms with Gasteiger partial charge in [0.25, 0.3) is 0 Å². The topological polar surface area (TPSA) is 55.1 Å². The summed E-state index contributed by atoms with van der Waals surface area (Å²) in [6.07, 6.45) is 3.38. The van der Waals surface area contributed by atoms with Crippen molar-refractivity contribution in [1.82, 2.24) is 9.55 Å². The predicted molar refractivity (Wildman–Crippen MR) is 59.1 cm³/mol. The fourth-order valence-corrected chi connectivity index (χ4v) is 1.57. The van der Waals surface area contributed by atoms with Crippen molar-refractivity contribution in [2.75, 3.05) is 0 Å². The zero-order valence-corrected chi connectivity index (χ0v) is 8.71. The standard InChI is InChI=1S/C12H12N2O2/c15-12(16)8-11-13-6-7-14(11)9-10-4-2-1-3-5-10/h1-7H,8-9H2,(H,15,16). The number of rotatable bonds is 4. The third-order valence-electron chi connectivity index (χ3n) is 2.31. The molecule has 0 atom stereocenters. The van der Waals surface area contributed by atoms with Gasteiger partial charge in [-0.3, -0.25) is 4.79 Å². The van der Waals surface area contributed by atoms with Crippen molar-refractivity contribution in [3.05, 3.63) is 54.1 Å². The normalized spacial score (nSPS) is 10.2. The SMILES string of the molecule is O=C(O)Cc1nccn1Cc1ccccc1. The fourth-order valence-electron chi connectivity index (χ4n) is 1.57. The number of aromatic nitrogens is 2. The van der Waals surface area contributed by atoms with E-state index in [1.54, 1.807) is 12.4 Å². The minimum Gasteiger partial charge on any atom is -0.481 e. The van der Waals surface area contributed by atoms with Gasteiger partial charge in [0.15, 0.2) is 0 Å². The first-order valence-electron chi connectivity index (χ1n) is 5.01. The molecular formula is C12H12N2O2. The summed E-state index contributed by atoms with van der Waals surface area (Å²) in [5.41, 5.74) is 1.13. The van der Waals surface area contributed by atoms with Crippen LogP contribution in [0.1, 0.15) is 11.4 Å². The Morgan fingerprint density at radius 3 is 2.75 bits per heavy atom. The molecule has 1 N–H and O–H groups in total. The second-order valence-corrected chi connectivity index (χ2v) is 3.53. The van der Waals surface area contributed by atoms with E-state index >= 15 is 0 Å². The lowest BCUT2D eigenvalue weighted by molar-refractivity contribution is -0.136. The minimum atomic E-state index is -0.861. The first-order chi connectivity index (χ1) is 7.75. The van der Waals surface area contributed by atoms with Crippen LogP contribution in [0, 0.1) is 0 Å². The molecule has 0 bridgehead atoms. The van der Waals surface area contributed by atoms with Crippen LogP contribution >= 0.6 is 0 Å². The van der Waals surface area contributed by atoms with E-state index in [2.05, 4.69) is 4.98 Å². The van der Waals surface area contributed by atoms with Gasteiger partial charge in [0.2, 0.25) is 0 Å². The largest absolute Gasteiger partial charge is 0.481 e. The molecule has 0 aliphatic rings. The van der Waals surface area contributed by atoms with Crippen molar-refractivity contribution in [2.24, 2.45) is 0 Å². The van der Waals surface area contributed by atoms with E-state index in [4.69, 9.17) is 5.11 Å². The highest BCUT2D eigenvalue weighted by atomic mass is 16.4. The highest BCUT2D eigenvalue weighted by Gasteiger charge is 2.07. The number of benzene rings is 1. The van der Waals surface area contributed by atoms with E-state index in [0.29, 0.717) is 12.4 Å². The molecule has 1 heterocycles. The van der Waals surface area contributed by atoms with Crippen LogP contribution in [0.25, 0.3) is 0 Å². The summed E-state index contributed by atoms with van der Waals surface area (Å²) in [6.45, 7) is 0.656. The maximum absolute atomic E-state index is 10.6. The minimum absolute atomic E-state index is 0.0418. The van der Waals surface area contributed by atoms with Crippen molar-refractivity contribution in [3.63, 3.8) is 0 Å². The molecule has 1 aromatic carbocycles. The molecule has 0 unspecified atom stereocenters. The van der Waals surface area contributed by atoms with Crippen molar-refractivity contribution >= 4 is 5.97 Å². The lowest BCUT2D eigenvalue weighted by atomic mass is 10.2. The Kier molecular flexibility index (Phi) is 3.00. The smallest absolute Gasteiger partial charge is 0.311 e. The van der Waals surface area contributed by atoms with Crippen LogP contribution in [-0.2, 0) is 17.8 Å². The molecule has 2 aromatic rings. The van der Waals surface area contributed by atoms with Crippen LogP contribution in [0.3, 0.4) is 0 Å². The van der Waals surface area contributed by atoms with Gasteiger partial charge in [-0.1, -0.05) is 30.3 Å². The Morgan fingerprint density at radius 1 is 1.31 bits per heavy atom. The van der Waals surface area contributed by atoms with E-state index in [0.717, 1.165) is 5.56 Å². The molecule has 0 aliphatic carbocycles. The summed E-state index contributed by atoms with van der Waals surface area (Å²) in [5.74, 6) is -0.281. The molecule has 82 valence electrons. The third-order valence-corrected chi connectivity index (χ3v) is 2.31. The van der Waals surface area contributed by atoms with Crippen molar-refractivity contribution in [1.29, 1.82) is 0 Å². The summed E-state index contributed by atoms with van der Waals surface area (Å²) in [4.78, 5) is 14.7. The lowest BCUT2D eigenvalue weighted by Crippen LogP contribution is -2.09. The molecule has 0 saturated heterocycles. The van der Waals surface area contributed by atoms with Crippen LogP contribution in [0.15, 0.2) is 42.7 Å². The molecule has 4 heteroatoms. The van der Waals surface area contributed by atoms with Gasteiger partial charge >= 0.3 is 5.97 Å². The summed E-state index contributed by atoms with van der Waals surface area (Å²) >= 11 is 0. The zero-order valence-electron chi connectivity index (χ0n) is 8.71. The van der Waals surface area contributed by atoms with Crippen LogP contribution in [0.4, 0.5) is 0 Å². The Bertz CT molecular complexity index is 477. The van der Waals surface area contributed by atoms with E-state index in [9.17, 15) is 4.79 Å². The molecule has 1 aromatic heterocycles. The summed E-state index contributed by atoms with van der Waals surface area (Å²) < 4.78 is 1.85. The van der Waals surface area contributed by atoms with E-state index in [1.165, 1.54) is 0 Å². The van der Waals surface area contributed by atoms with Gasteiger partial charge in [0, 0.05) is 18.9 Å². The molecule has 4 nitrogen and oxygen atoms in total. The second kappa shape index (κ2) is 4.61. The number of imidazole rings is 1. The first-order valence-corrected chi connectivity index (χ1v) is 5.01. The van der Waals surface area contributed by atoms with Crippen molar-refractivity contribution in [3.8, 4) is 0 Å². The van der Waals surface area contributed by atoms with Crippen LogP contribution in [0.2, 0.25) is 0 Å². The maximum atomic E-state index is 10.6. The number of nitrogens with zero attached hydrogens (tertiary/aromatic N) is 2. The van der Waals surface area contributed by atoms with Gasteiger partial charge in [0.1, 0.15) is 12.2 Å². The Labute approximate surface area is 93.2 Å². The van der Waals surface area contributed by atoms with Crippen LogP contribution in [0.5, 0.6) is 0 Å². The Morgan fingerprint density at radius 2 is 2.06 bits per heavy atom. The van der Waals surface area contributed by atoms with Crippen molar-refractivity contribution in [2.45, 2.75) is 13.0 Å². The van der Waals surface area contributed by atoms with E-state index < -0.39 is 5.97 Å². The molecule has 16 heavy (non-hydrogen) atoms. The Balaban J connectivity index is 2.16. The molecule has 0 aliphatic heterocycles. The molecule has 0 saturated carbocycles. The number of carboxylic acids is 1. The predicted octanol–water partition coefficient (Wildman–Crippen LogP) is 1.56. The lowest BCUT2D eigenvalue weighted by Gasteiger charge is -2.06. The fraction of sp³-hybridized carbons (Fsp3) is 0.167. The van der Waals surface area contributed by atoms with Gasteiger partial charge in [-0.05, 0) is 5.56 Å². The molecule has 0 radical (unpaired) electrons. The second-order valence-electron chi connectivity index (χ2n) is 3.53. The number of hydrogen-bond donors (Lipinski definition) is 1. The van der Waals surface area contributed by atoms with Crippen molar-refractivity contribution < 1.29 is 9.90 Å². The zero-order chi connectivity index (χ0) is 11.4. The van der Waals surface area contributed by atoms with Gasteiger partial charge in [-0.25, -0.2) is 4.98 Å². The van der Waals surface area contributed by atoms with Crippen LogP contribution in [-0.4, -0.2) is 20.6 Å². The highest BCUT2D eigenvalue weighted by molar-refractivity contribution is 5.69. The van der Waals surface area contributed by atoms with Gasteiger partial charge in [-0.2, -0.15) is 0 Å². The Hall–Kier alpha value is -2.10. The molecule has 2 rings (SSSR count). The quantitative estimate of drug-likeness (QED) is 0.843. The van der Waals surface area contributed by atoms with Gasteiger partial charge < -0.3 is 9.67 Å². The maximum Gasteiger partial charge on any atom is 0.311 e. The summed E-state index contributed by atoms with van der Waals surface area (Å²) in [5, 5.41) is 8.72. The third kappa shape index (κ3) is 2.48. The molecule has 0 spiro atoms. The molecule has 0 fully saturated rings. The summed E-state index contributed by atoms with van der Waals surface area (Å²) in [6, 6.07) is 9.89. The van der Waals surface area contributed by atoms with E-state index in [1.807, 2.05) is 34.9 Å². The van der Waals surface area contributed by atoms with Gasteiger partial charge in [0.05, 0.1) is 0 Å². The molecule has 0 amide bonds. The van der Waals surface area contributed by atoms with Gasteiger partial charge in [-0.15, -0.1) is 0 Å². The number of hydrogen-bond acceptors (Lipinski definition) is 2. The highest BCUT2D eigenvalue weighted by Crippen LogP contribution is 2.05. The van der Waals surface area contributed by atoms with Crippen LogP contribution < -0.4 is 0 Å². The average Bonchev–Trinajstić information content (AvgIpc) is 2.66. The number of carbonyl (C=O) groups is 1. The molecular weight excluding hydrogens is 204 g/mol. The monoisotopic (exact) mass is 216 g/mol. The number of carboxylic acid groups (broad SMARTS) is 1. The van der Waals surface area contributed by atoms with E-state index in [-0.39, 0.29) is 6.42 Å². The first kappa shape index (κ1) is 10.4.